The smallest absolute Gasteiger partial charge is 0.231 e. The lowest BCUT2D eigenvalue weighted by Gasteiger charge is -2.14. The maximum atomic E-state index is 7.49. The molecule has 0 aliphatic carbocycles. The Bertz CT molecular complexity index is 736. The van der Waals surface area contributed by atoms with Gasteiger partial charge in [-0.05, 0) is 31.4 Å². The molecule has 0 saturated carbocycles. The first-order valence-electron chi connectivity index (χ1n) is 8.19. The molecule has 134 valence electrons. The summed E-state index contributed by atoms with van der Waals surface area (Å²) in [6.07, 6.45) is 2.96. The van der Waals surface area contributed by atoms with Crippen LogP contribution < -0.4 is 5.73 Å². The minimum atomic E-state index is 0.0992. The number of guanidine groups is 1. The van der Waals surface area contributed by atoms with Gasteiger partial charge in [-0.3, -0.25) is 5.41 Å². The second-order valence-corrected chi connectivity index (χ2v) is 5.82. The van der Waals surface area contributed by atoms with Gasteiger partial charge in [0.2, 0.25) is 11.7 Å². The van der Waals surface area contributed by atoms with Crippen molar-refractivity contribution in [1.29, 1.82) is 5.41 Å². The van der Waals surface area contributed by atoms with Crippen molar-refractivity contribution in [3.63, 3.8) is 0 Å². The summed E-state index contributed by atoms with van der Waals surface area (Å²) in [5.41, 5.74) is 8.89. The molecule has 1 aliphatic rings. The molecule has 1 saturated heterocycles. The van der Waals surface area contributed by atoms with Crippen LogP contribution in [0, 0.1) is 5.41 Å². The van der Waals surface area contributed by atoms with E-state index >= 15 is 0 Å². The van der Waals surface area contributed by atoms with Crippen molar-refractivity contribution in [2.24, 2.45) is 5.73 Å². The number of hydrogen-bond acceptors (Lipinski definition) is 5. The number of benzene rings is 1. The van der Waals surface area contributed by atoms with Crippen molar-refractivity contribution < 1.29 is 9.63 Å². The van der Waals surface area contributed by atoms with Crippen LogP contribution in [0.25, 0.3) is 17.0 Å². The number of allylic oxidation sites excluding steroid dienone is 2. The van der Waals surface area contributed by atoms with Crippen LogP contribution >= 0.6 is 0 Å². The molecule has 2 heterocycles. The average Bonchev–Trinajstić information content (AvgIpc) is 3.32. The van der Waals surface area contributed by atoms with Crippen LogP contribution in [0.4, 0.5) is 0 Å². The van der Waals surface area contributed by atoms with Gasteiger partial charge in [-0.15, -0.1) is 0 Å². The Balaban J connectivity index is 0.00000109. The predicted octanol–water partition coefficient (Wildman–Crippen LogP) is 2.45. The molecule has 2 aromatic rings. The number of aromatic nitrogens is 2. The number of nitrogens with two attached hydrogens (primary N) is 1. The largest absolute Gasteiger partial charge is 0.400 e. The van der Waals surface area contributed by atoms with E-state index in [-0.39, 0.29) is 11.9 Å². The van der Waals surface area contributed by atoms with Crippen LogP contribution in [0.15, 0.2) is 34.9 Å². The number of aliphatic hydroxyl groups excluding tert-OH is 1. The Morgan fingerprint density at radius 3 is 2.60 bits per heavy atom. The maximum absolute atomic E-state index is 7.49. The van der Waals surface area contributed by atoms with Gasteiger partial charge in [0.05, 0.1) is 5.92 Å². The van der Waals surface area contributed by atoms with E-state index in [1.807, 2.05) is 24.0 Å². The van der Waals surface area contributed by atoms with Crippen molar-refractivity contribution in [3.05, 3.63) is 41.8 Å². The van der Waals surface area contributed by atoms with Crippen LogP contribution in [0.5, 0.6) is 0 Å². The molecule has 25 heavy (non-hydrogen) atoms. The summed E-state index contributed by atoms with van der Waals surface area (Å²) in [6, 6.07) is 8.14. The first-order valence-corrected chi connectivity index (χ1v) is 8.19. The summed E-state index contributed by atoms with van der Waals surface area (Å²) in [7, 11) is 1.00. The number of nitrogens with one attached hydrogen (secondary N) is 1. The van der Waals surface area contributed by atoms with Gasteiger partial charge >= 0.3 is 0 Å². The molecule has 7 nitrogen and oxygen atoms in total. The van der Waals surface area contributed by atoms with E-state index in [0.29, 0.717) is 18.3 Å². The SMILES string of the molecule is C/C=C(\C)c1ccc(-c2noc(C3CCN(C(=N)N)C3)n2)cc1.CO. The van der Waals surface area contributed by atoms with E-state index in [4.69, 9.17) is 20.8 Å². The predicted molar refractivity (Wildman–Crippen MR) is 98.0 cm³/mol. The maximum Gasteiger partial charge on any atom is 0.231 e. The molecule has 0 amide bonds. The zero-order valence-corrected chi connectivity index (χ0v) is 14.9. The van der Waals surface area contributed by atoms with E-state index in [0.717, 1.165) is 25.6 Å². The molecule has 1 aromatic carbocycles. The van der Waals surface area contributed by atoms with Crippen LogP contribution in [0.2, 0.25) is 0 Å². The van der Waals surface area contributed by atoms with Gasteiger partial charge in [-0.25, -0.2) is 0 Å². The fourth-order valence-electron chi connectivity index (χ4n) is 2.75. The lowest BCUT2D eigenvalue weighted by molar-refractivity contribution is 0.354. The number of nitrogens with zero attached hydrogens (tertiary/aromatic N) is 3. The van der Waals surface area contributed by atoms with Crippen molar-refractivity contribution >= 4 is 11.5 Å². The molecule has 1 atom stereocenters. The van der Waals surface area contributed by atoms with Gasteiger partial charge in [-0.2, -0.15) is 4.98 Å². The summed E-state index contributed by atoms with van der Waals surface area (Å²) in [5.74, 6) is 1.47. The highest BCUT2D eigenvalue weighted by Crippen LogP contribution is 2.28. The second kappa shape index (κ2) is 8.43. The number of hydrogen-bond donors (Lipinski definition) is 3. The summed E-state index contributed by atoms with van der Waals surface area (Å²) in [5, 5.41) is 18.6. The molecule has 1 aliphatic heterocycles. The Labute approximate surface area is 147 Å². The highest BCUT2D eigenvalue weighted by molar-refractivity contribution is 5.75. The van der Waals surface area contributed by atoms with Crippen LogP contribution in [-0.2, 0) is 0 Å². The fourth-order valence-corrected chi connectivity index (χ4v) is 2.75. The molecular weight excluding hydrogens is 318 g/mol. The molecule has 1 unspecified atom stereocenters. The third-order valence-electron chi connectivity index (χ3n) is 4.35. The summed E-state index contributed by atoms with van der Waals surface area (Å²) >= 11 is 0. The Kier molecular flexibility index (Phi) is 6.30. The van der Waals surface area contributed by atoms with E-state index in [1.165, 1.54) is 11.1 Å². The zero-order chi connectivity index (χ0) is 18.4. The van der Waals surface area contributed by atoms with Gasteiger partial charge < -0.3 is 20.3 Å². The van der Waals surface area contributed by atoms with Crippen molar-refractivity contribution in [3.8, 4) is 11.4 Å². The zero-order valence-electron chi connectivity index (χ0n) is 14.9. The van der Waals surface area contributed by atoms with Crippen LogP contribution in [0.1, 0.15) is 37.6 Å². The first kappa shape index (κ1) is 18.7. The normalized spacial score (nSPS) is 17.2. The van der Waals surface area contributed by atoms with E-state index in [2.05, 4.69) is 35.3 Å². The summed E-state index contributed by atoms with van der Waals surface area (Å²) in [4.78, 5) is 6.34. The molecule has 0 spiro atoms. The molecule has 4 N–H and O–H groups in total. The van der Waals surface area contributed by atoms with Crippen molar-refractivity contribution in [2.75, 3.05) is 20.2 Å². The number of rotatable bonds is 3. The lowest BCUT2D eigenvalue weighted by atomic mass is 10.1. The monoisotopic (exact) mass is 343 g/mol. The van der Waals surface area contributed by atoms with Crippen molar-refractivity contribution in [1.82, 2.24) is 15.0 Å². The molecule has 7 heteroatoms. The summed E-state index contributed by atoms with van der Waals surface area (Å²) < 4.78 is 5.42. The molecule has 0 bridgehead atoms. The van der Waals surface area contributed by atoms with E-state index in [9.17, 15) is 0 Å². The first-order chi connectivity index (χ1) is 12.1. The number of aliphatic hydroxyl groups is 1. The molecule has 1 aromatic heterocycles. The standard InChI is InChI=1S/C17H21N5O.CH4O/c1-3-11(2)12-4-6-13(7-5-12)15-20-16(23-21-15)14-8-9-22(10-14)17(18)19;1-2/h3-7,14H,8-10H2,1-2H3,(H3,18,19);2H,1H3/b11-3+;. The van der Waals surface area contributed by atoms with Gasteiger partial charge in [0.1, 0.15) is 0 Å². The quantitative estimate of drug-likeness (QED) is 0.583. The van der Waals surface area contributed by atoms with Gasteiger partial charge in [0.15, 0.2) is 5.96 Å². The van der Waals surface area contributed by atoms with E-state index in [1.54, 1.807) is 0 Å². The third kappa shape index (κ3) is 4.24. The summed E-state index contributed by atoms with van der Waals surface area (Å²) in [6.45, 7) is 5.54. The molecule has 1 fully saturated rings. The highest BCUT2D eigenvalue weighted by Gasteiger charge is 2.29. The average molecular weight is 343 g/mol. The molecule has 0 radical (unpaired) electrons. The van der Waals surface area contributed by atoms with E-state index < -0.39 is 0 Å². The topological polar surface area (TPSA) is 112 Å². The fraction of sp³-hybridized carbons (Fsp3) is 0.389. The Hall–Kier alpha value is -2.67. The third-order valence-corrected chi connectivity index (χ3v) is 4.35. The lowest BCUT2D eigenvalue weighted by Crippen LogP contribution is -2.34. The van der Waals surface area contributed by atoms with Gasteiger partial charge in [-0.1, -0.05) is 35.5 Å². The Morgan fingerprint density at radius 2 is 2.04 bits per heavy atom. The van der Waals surface area contributed by atoms with Gasteiger partial charge in [0.25, 0.3) is 0 Å². The molecule has 3 rings (SSSR count). The number of likely N-dealkylation sites (tertiary alicyclic amines) is 1. The highest BCUT2D eigenvalue weighted by atomic mass is 16.5. The van der Waals surface area contributed by atoms with Crippen LogP contribution in [0.3, 0.4) is 0 Å². The van der Waals surface area contributed by atoms with Gasteiger partial charge in [0, 0.05) is 25.8 Å². The minimum Gasteiger partial charge on any atom is -0.400 e. The van der Waals surface area contributed by atoms with Crippen LogP contribution in [-0.4, -0.2) is 46.3 Å². The minimum absolute atomic E-state index is 0.0992. The second-order valence-electron chi connectivity index (χ2n) is 5.82. The Morgan fingerprint density at radius 1 is 1.36 bits per heavy atom. The van der Waals surface area contributed by atoms with Crippen molar-refractivity contribution in [2.45, 2.75) is 26.2 Å². The molecular formula is C18H25N5O2.